The van der Waals surface area contributed by atoms with Crippen LogP contribution in [0.15, 0.2) is 57.5 Å². The zero-order chi connectivity index (χ0) is 29.2. The monoisotopic (exact) mass is 582 g/mol. The van der Waals surface area contributed by atoms with Crippen LogP contribution in [0.2, 0.25) is 0 Å². The van der Waals surface area contributed by atoms with E-state index in [1.165, 1.54) is 11.1 Å². The summed E-state index contributed by atoms with van der Waals surface area (Å²) in [7, 11) is 0. The molecule has 4 aromatic heterocycles. The van der Waals surface area contributed by atoms with Crippen LogP contribution in [0.4, 0.5) is 17.8 Å². The third-order valence-electron chi connectivity index (χ3n) is 8.47. The van der Waals surface area contributed by atoms with Crippen molar-refractivity contribution in [1.82, 2.24) is 30.2 Å². The smallest absolute Gasteiger partial charge is 0.303 e. The van der Waals surface area contributed by atoms with Crippen LogP contribution in [0.5, 0.6) is 5.75 Å². The van der Waals surface area contributed by atoms with Gasteiger partial charge in [-0.3, -0.25) is 10.2 Å². The summed E-state index contributed by atoms with van der Waals surface area (Å²) in [5.41, 5.74) is 4.88. The number of pyridine rings is 2. The number of aromatic nitrogens is 4. The van der Waals surface area contributed by atoms with E-state index in [-0.39, 0.29) is 0 Å². The molecule has 0 atom stereocenters. The molecule has 0 saturated carbocycles. The van der Waals surface area contributed by atoms with Crippen LogP contribution in [0.1, 0.15) is 43.7 Å². The maximum atomic E-state index is 6.39. The van der Waals surface area contributed by atoms with Gasteiger partial charge in [-0.15, -0.1) is 0 Å². The zero-order valence-corrected chi connectivity index (χ0v) is 24.8. The van der Waals surface area contributed by atoms with Crippen LogP contribution in [0.3, 0.4) is 0 Å². The summed E-state index contributed by atoms with van der Waals surface area (Å²) in [6.07, 6.45) is 5.93. The number of oxazole rings is 2. The van der Waals surface area contributed by atoms with E-state index in [1.807, 2.05) is 31.2 Å². The lowest BCUT2D eigenvalue weighted by Gasteiger charge is -2.43. The highest BCUT2D eigenvalue weighted by Crippen LogP contribution is 2.32. The number of nitrogens with one attached hydrogen (secondary N) is 2. The molecule has 0 bridgehead atoms. The highest BCUT2D eigenvalue weighted by Gasteiger charge is 2.34. The quantitative estimate of drug-likeness (QED) is 0.232. The van der Waals surface area contributed by atoms with Crippen molar-refractivity contribution in [2.75, 3.05) is 43.0 Å². The average molecular weight is 583 g/mol. The van der Waals surface area contributed by atoms with E-state index in [2.05, 4.69) is 55.5 Å². The molecule has 5 aromatic rings. The number of benzene rings is 1. The summed E-state index contributed by atoms with van der Waals surface area (Å²) in [5, 5.41) is 6.65. The summed E-state index contributed by atoms with van der Waals surface area (Å²) >= 11 is 0. The lowest BCUT2D eigenvalue weighted by Crippen LogP contribution is -2.52. The SMILES string of the molecule is CCOc1cc(CN2CCC(N(c3nc4nc(Nc5nc6ncccc6o5)ccc4o3)C3CCNCC3)CC2)ccc1C. The molecule has 224 valence electrons. The second-order valence-electron chi connectivity index (χ2n) is 11.4. The van der Waals surface area contributed by atoms with Crippen molar-refractivity contribution in [3.8, 4) is 5.75 Å². The molecule has 0 aliphatic carbocycles. The molecule has 11 nitrogen and oxygen atoms in total. The Morgan fingerprint density at radius 2 is 1.77 bits per heavy atom. The molecule has 2 N–H and O–H groups in total. The van der Waals surface area contributed by atoms with Gasteiger partial charge in [-0.05, 0) is 94.1 Å². The zero-order valence-electron chi connectivity index (χ0n) is 24.8. The summed E-state index contributed by atoms with van der Waals surface area (Å²) in [6.45, 7) is 9.80. The van der Waals surface area contributed by atoms with Crippen LogP contribution in [0, 0.1) is 6.92 Å². The van der Waals surface area contributed by atoms with Gasteiger partial charge in [-0.1, -0.05) is 12.1 Å². The van der Waals surface area contributed by atoms with Gasteiger partial charge >= 0.3 is 6.01 Å². The van der Waals surface area contributed by atoms with Crippen molar-refractivity contribution in [2.24, 2.45) is 0 Å². The van der Waals surface area contributed by atoms with E-state index < -0.39 is 0 Å². The van der Waals surface area contributed by atoms with Crippen LogP contribution in [-0.4, -0.2) is 69.7 Å². The number of aryl methyl sites for hydroxylation is 1. The number of rotatable bonds is 9. The van der Waals surface area contributed by atoms with Gasteiger partial charge in [0.25, 0.3) is 6.01 Å². The molecule has 43 heavy (non-hydrogen) atoms. The molecule has 6 heterocycles. The van der Waals surface area contributed by atoms with Gasteiger partial charge in [-0.2, -0.15) is 9.97 Å². The Bertz CT molecular complexity index is 1650. The van der Waals surface area contributed by atoms with Crippen molar-refractivity contribution >= 4 is 40.3 Å². The molecule has 0 spiro atoms. The van der Waals surface area contributed by atoms with E-state index in [1.54, 1.807) is 6.20 Å². The van der Waals surface area contributed by atoms with Gasteiger partial charge in [-0.25, -0.2) is 9.97 Å². The molecule has 0 unspecified atom stereocenters. The van der Waals surface area contributed by atoms with E-state index in [9.17, 15) is 0 Å². The van der Waals surface area contributed by atoms with Crippen LogP contribution in [-0.2, 0) is 6.54 Å². The molecule has 2 fully saturated rings. The molecule has 2 aliphatic rings. The molecule has 0 radical (unpaired) electrons. The van der Waals surface area contributed by atoms with E-state index in [4.69, 9.17) is 23.5 Å². The maximum Gasteiger partial charge on any atom is 0.303 e. The van der Waals surface area contributed by atoms with Crippen LogP contribution >= 0.6 is 0 Å². The maximum absolute atomic E-state index is 6.39. The first-order valence-corrected chi connectivity index (χ1v) is 15.3. The number of fused-ring (bicyclic) bond motifs is 2. The number of hydrogen-bond donors (Lipinski definition) is 2. The Morgan fingerprint density at radius 3 is 2.58 bits per heavy atom. The van der Waals surface area contributed by atoms with Crippen molar-refractivity contribution < 1.29 is 13.6 Å². The lowest BCUT2D eigenvalue weighted by atomic mass is 9.97. The van der Waals surface area contributed by atoms with Crippen LogP contribution in [0.25, 0.3) is 22.5 Å². The number of likely N-dealkylation sites (tertiary alicyclic amines) is 1. The fourth-order valence-corrected chi connectivity index (χ4v) is 6.28. The average Bonchev–Trinajstić information content (AvgIpc) is 3.64. The highest BCUT2D eigenvalue weighted by atomic mass is 16.5. The molecule has 2 aliphatic heterocycles. The van der Waals surface area contributed by atoms with Crippen molar-refractivity contribution in [2.45, 2.75) is 58.2 Å². The Balaban J connectivity index is 1.08. The first-order valence-electron chi connectivity index (χ1n) is 15.3. The third-order valence-corrected chi connectivity index (χ3v) is 8.47. The Kier molecular flexibility index (Phi) is 7.82. The highest BCUT2D eigenvalue weighted by molar-refractivity contribution is 5.74. The Hall–Kier alpha value is -4.22. The number of nitrogens with zero attached hydrogens (tertiary/aromatic N) is 6. The van der Waals surface area contributed by atoms with Gasteiger partial charge in [0.1, 0.15) is 11.6 Å². The Morgan fingerprint density at radius 1 is 0.953 bits per heavy atom. The van der Waals surface area contributed by atoms with Crippen molar-refractivity contribution in [3.05, 3.63) is 59.8 Å². The standard InChI is InChI=1S/C32H38N8O3/c1-3-41-27-19-22(7-6-21(27)2)20-39-17-12-24(13-18-39)40(23-10-15-33-16-11-23)32-38-30-26(43-32)8-9-28(35-30)36-31-37-29-25(42-31)5-4-14-34-29/h4-9,14,19,23-24,33H,3,10-13,15-18,20H2,1-2H3,(H,34,35,36,37). The number of hydrogen-bond acceptors (Lipinski definition) is 11. The molecule has 11 heteroatoms. The van der Waals surface area contributed by atoms with Crippen molar-refractivity contribution in [3.63, 3.8) is 0 Å². The minimum atomic E-state index is 0.340. The van der Waals surface area contributed by atoms with Gasteiger partial charge in [0.15, 0.2) is 11.2 Å². The molecule has 2 saturated heterocycles. The second kappa shape index (κ2) is 12.2. The lowest BCUT2D eigenvalue weighted by molar-refractivity contribution is 0.191. The predicted molar refractivity (Wildman–Crippen MR) is 166 cm³/mol. The van der Waals surface area contributed by atoms with Crippen LogP contribution < -0.4 is 20.3 Å². The summed E-state index contributed by atoms with van der Waals surface area (Å²) in [6, 6.07) is 15.7. The molecule has 1 aromatic carbocycles. The molecular weight excluding hydrogens is 544 g/mol. The minimum absolute atomic E-state index is 0.340. The summed E-state index contributed by atoms with van der Waals surface area (Å²) in [4.78, 5) is 23.3. The minimum Gasteiger partial charge on any atom is -0.494 e. The van der Waals surface area contributed by atoms with Gasteiger partial charge < -0.3 is 23.8 Å². The van der Waals surface area contributed by atoms with E-state index in [0.717, 1.165) is 64.2 Å². The number of anilines is 3. The van der Waals surface area contributed by atoms with E-state index >= 15 is 0 Å². The molecule has 0 amide bonds. The first kappa shape index (κ1) is 27.6. The summed E-state index contributed by atoms with van der Waals surface area (Å²) in [5.74, 6) is 1.57. The second-order valence-corrected chi connectivity index (χ2v) is 11.4. The van der Waals surface area contributed by atoms with Gasteiger partial charge in [0.05, 0.1) is 6.61 Å². The first-order chi connectivity index (χ1) is 21.1. The van der Waals surface area contributed by atoms with Gasteiger partial charge in [0.2, 0.25) is 11.3 Å². The van der Waals surface area contributed by atoms with Gasteiger partial charge in [0, 0.05) is 37.9 Å². The molecular formula is C32H38N8O3. The number of piperidine rings is 2. The van der Waals surface area contributed by atoms with E-state index in [0.29, 0.717) is 59.0 Å². The Labute approximate surface area is 250 Å². The summed E-state index contributed by atoms with van der Waals surface area (Å²) < 4.78 is 18.0. The molecule has 7 rings (SSSR count). The van der Waals surface area contributed by atoms with Crippen molar-refractivity contribution in [1.29, 1.82) is 0 Å². The largest absolute Gasteiger partial charge is 0.494 e. The normalized spacial score (nSPS) is 17.1. The fourth-order valence-electron chi connectivity index (χ4n) is 6.28. The predicted octanol–water partition coefficient (Wildman–Crippen LogP) is 5.43. The number of ether oxygens (including phenoxy) is 1. The third kappa shape index (κ3) is 6.00. The fraction of sp³-hybridized carbons (Fsp3) is 0.438. The topological polar surface area (TPSA) is 118 Å².